The first-order valence-corrected chi connectivity index (χ1v) is 6.58. The Morgan fingerprint density at radius 1 is 1.33 bits per heavy atom. The number of rotatable bonds is 3. The van der Waals surface area contributed by atoms with E-state index >= 15 is 0 Å². The van der Waals surface area contributed by atoms with Gasteiger partial charge in [0.15, 0.2) is 0 Å². The predicted molar refractivity (Wildman–Crippen MR) is 69.2 cm³/mol. The van der Waals surface area contributed by atoms with Crippen molar-refractivity contribution in [3.8, 4) is 0 Å². The highest BCUT2D eigenvalue weighted by molar-refractivity contribution is 5.80. The lowest BCUT2D eigenvalue weighted by Crippen LogP contribution is -2.50. The van der Waals surface area contributed by atoms with E-state index in [0.29, 0.717) is 12.5 Å². The molecule has 1 aliphatic heterocycles. The van der Waals surface area contributed by atoms with Crippen molar-refractivity contribution in [3.05, 3.63) is 35.9 Å². The van der Waals surface area contributed by atoms with E-state index in [1.54, 1.807) is 7.11 Å². The lowest BCUT2D eigenvalue weighted by atomic mass is 9.61. The monoisotopic (exact) mass is 245 g/mol. The number of ether oxygens (including phenoxy) is 1. The molecule has 3 nitrogen and oxygen atoms in total. The van der Waals surface area contributed by atoms with Crippen LogP contribution in [0.1, 0.15) is 24.8 Å². The predicted octanol–water partition coefficient (Wildman–Crippen LogP) is 1.91. The van der Waals surface area contributed by atoms with Gasteiger partial charge in [0, 0.05) is 25.0 Å². The fraction of sp³-hybridized carbons (Fsp3) is 0.533. The molecule has 0 bridgehead atoms. The summed E-state index contributed by atoms with van der Waals surface area (Å²) < 4.78 is 5.37. The van der Waals surface area contributed by atoms with Gasteiger partial charge in [0.25, 0.3) is 0 Å². The Morgan fingerprint density at radius 2 is 2.06 bits per heavy atom. The smallest absolute Gasteiger partial charge is 0.220 e. The van der Waals surface area contributed by atoms with Gasteiger partial charge < -0.3 is 10.1 Å². The van der Waals surface area contributed by atoms with Crippen LogP contribution in [-0.2, 0) is 16.0 Å². The number of hydrogen-bond donors (Lipinski definition) is 1. The molecule has 96 valence electrons. The van der Waals surface area contributed by atoms with E-state index in [0.717, 1.165) is 19.3 Å². The largest absolute Gasteiger partial charge is 0.381 e. The number of benzene rings is 1. The summed E-state index contributed by atoms with van der Waals surface area (Å²) in [6, 6.07) is 10.7. The van der Waals surface area contributed by atoms with Gasteiger partial charge in [-0.1, -0.05) is 30.3 Å². The summed E-state index contributed by atoms with van der Waals surface area (Å²) in [5.41, 5.74) is 1.44. The van der Waals surface area contributed by atoms with Gasteiger partial charge in [0.2, 0.25) is 5.91 Å². The summed E-state index contributed by atoms with van der Waals surface area (Å²) in [5.74, 6) is 0.200. The molecule has 1 heterocycles. The molecular weight excluding hydrogens is 226 g/mol. The fourth-order valence-electron chi connectivity index (χ4n) is 3.40. The van der Waals surface area contributed by atoms with Crippen LogP contribution in [-0.4, -0.2) is 25.2 Å². The highest BCUT2D eigenvalue weighted by Crippen LogP contribution is 2.51. The minimum atomic E-state index is 0.146. The van der Waals surface area contributed by atoms with Gasteiger partial charge >= 0.3 is 0 Å². The average Bonchev–Trinajstić information content (AvgIpc) is 2.65. The summed E-state index contributed by atoms with van der Waals surface area (Å²) >= 11 is 0. The van der Waals surface area contributed by atoms with Crippen molar-refractivity contribution in [1.29, 1.82) is 0 Å². The Morgan fingerprint density at radius 3 is 2.72 bits per heavy atom. The summed E-state index contributed by atoms with van der Waals surface area (Å²) in [4.78, 5) is 11.7. The van der Waals surface area contributed by atoms with Crippen LogP contribution in [0.15, 0.2) is 30.3 Å². The van der Waals surface area contributed by atoms with Crippen molar-refractivity contribution >= 4 is 5.91 Å². The zero-order valence-electron chi connectivity index (χ0n) is 10.7. The van der Waals surface area contributed by atoms with E-state index < -0.39 is 0 Å². The van der Waals surface area contributed by atoms with Crippen LogP contribution in [0, 0.1) is 5.41 Å². The molecule has 1 N–H and O–H groups in total. The number of amides is 1. The first-order valence-electron chi connectivity index (χ1n) is 6.58. The average molecular weight is 245 g/mol. The zero-order valence-corrected chi connectivity index (χ0v) is 10.7. The number of hydrogen-bond acceptors (Lipinski definition) is 2. The first-order chi connectivity index (χ1) is 8.72. The summed E-state index contributed by atoms with van der Waals surface area (Å²) in [6.07, 6.45) is 3.98. The molecule has 1 saturated heterocycles. The highest BCUT2D eigenvalue weighted by atomic mass is 16.5. The molecule has 3 heteroatoms. The van der Waals surface area contributed by atoms with Crippen molar-refractivity contribution in [2.24, 2.45) is 5.41 Å². The van der Waals surface area contributed by atoms with E-state index in [4.69, 9.17) is 4.74 Å². The third-order valence-electron chi connectivity index (χ3n) is 4.47. The van der Waals surface area contributed by atoms with Crippen LogP contribution >= 0.6 is 0 Å². The summed E-state index contributed by atoms with van der Waals surface area (Å²) in [7, 11) is 1.76. The summed E-state index contributed by atoms with van der Waals surface area (Å²) in [5, 5.41) is 3.15. The van der Waals surface area contributed by atoms with Crippen LogP contribution in [0.4, 0.5) is 0 Å². The van der Waals surface area contributed by atoms with Crippen LogP contribution in [0.3, 0.4) is 0 Å². The number of carbonyl (C=O) groups excluding carboxylic acids is 1. The quantitative estimate of drug-likeness (QED) is 0.883. The topological polar surface area (TPSA) is 38.3 Å². The van der Waals surface area contributed by atoms with Crippen molar-refractivity contribution in [1.82, 2.24) is 5.32 Å². The maximum Gasteiger partial charge on any atom is 0.220 e. The van der Waals surface area contributed by atoms with Crippen LogP contribution in [0.5, 0.6) is 0 Å². The normalized spacial score (nSPS) is 34.4. The van der Waals surface area contributed by atoms with Crippen molar-refractivity contribution in [2.45, 2.75) is 37.8 Å². The van der Waals surface area contributed by atoms with E-state index in [9.17, 15) is 4.79 Å². The molecule has 2 fully saturated rings. The first kappa shape index (κ1) is 11.7. The number of carbonyl (C=O) groups is 1. The molecule has 2 aliphatic rings. The van der Waals surface area contributed by atoms with Gasteiger partial charge in [0.05, 0.1) is 6.10 Å². The van der Waals surface area contributed by atoms with E-state index in [1.165, 1.54) is 5.56 Å². The maximum absolute atomic E-state index is 11.7. The fourth-order valence-corrected chi connectivity index (χ4v) is 3.40. The molecule has 18 heavy (non-hydrogen) atoms. The second-order valence-electron chi connectivity index (χ2n) is 5.61. The van der Waals surface area contributed by atoms with Gasteiger partial charge in [-0.05, 0) is 24.8 Å². The van der Waals surface area contributed by atoms with Gasteiger partial charge in [-0.25, -0.2) is 0 Å². The SMILES string of the molecule is COC1CC2(CC(=O)NC2Cc2ccccc2)C1. The second-order valence-corrected chi connectivity index (χ2v) is 5.61. The van der Waals surface area contributed by atoms with Crippen molar-refractivity contribution < 1.29 is 9.53 Å². The molecule has 1 spiro atoms. The molecule has 3 rings (SSSR count). The van der Waals surface area contributed by atoms with Crippen molar-refractivity contribution in [3.63, 3.8) is 0 Å². The molecule has 0 radical (unpaired) electrons. The molecule has 1 unspecified atom stereocenters. The van der Waals surface area contributed by atoms with Crippen LogP contribution in [0.2, 0.25) is 0 Å². The standard InChI is InChI=1S/C15H19NO2/c1-18-12-8-15(9-12)10-14(17)16-13(15)7-11-5-3-2-4-6-11/h2-6,12-13H,7-10H2,1H3,(H,16,17). The number of methoxy groups -OCH3 is 1. The molecule has 1 atom stereocenters. The van der Waals surface area contributed by atoms with Crippen LogP contribution in [0.25, 0.3) is 0 Å². The third-order valence-corrected chi connectivity index (χ3v) is 4.47. The molecule has 1 saturated carbocycles. The lowest BCUT2D eigenvalue weighted by Gasteiger charge is -2.47. The second kappa shape index (κ2) is 4.39. The zero-order chi connectivity index (χ0) is 12.6. The number of nitrogens with one attached hydrogen (secondary N) is 1. The van der Waals surface area contributed by atoms with Gasteiger partial charge in [0.1, 0.15) is 0 Å². The van der Waals surface area contributed by atoms with E-state index in [2.05, 4.69) is 29.6 Å². The summed E-state index contributed by atoms with van der Waals surface area (Å²) in [6.45, 7) is 0. The lowest BCUT2D eigenvalue weighted by molar-refractivity contribution is -0.121. The molecule has 1 amide bonds. The molecule has 1 aromatic rings. The highest BCUT2D eigenvalue weighted by Gasteiger charge is 2.54. The Balaban J connectivity index is 1.73. The van der Waals surface area contributed by atoms with Gasteiger partial charge in [-0.15, -0.1) is 0 Å². The molecule has 1 aromatic carbocycles. The molecular formula is C15H19NO2. The minimum Gasteiger partial charge on any atom is -0.381 e. The Hall–Kier alpha value is -1.35. The minimum absolute atomic E-state index is 0.146. The Labute approximate surface area is 108 Å². The van der Waals surface area contributed by atoms with E-state index in [-0.39, 0.29) is 17.4 Å². The van der Waals surface area contributed by atoms with Crippen LogP contribution < -0.4 is 5.32 Å². The maximum atomic E-state index is 11.7. The molecule has 0 aromatic heterocycles. The third kappa shape index (κ3) is 1.93. The Bertz CT molecular complexity index is 437. The van der Waals surface area contributed by atoms with Gasteiger partial charge in [-0.3, -0.25) is 4.79 Å². The van der Waals surface area contributed by atoms with Crippen molar-refractivity contribution in [2.75, 3.05) is 7.11 Å². The molecule has 1 aliphatic carbocycles. The Kier molecular flexibility index (Phi) is 2.86. The van der Waals surface area contributed by atoms with E-state index in [1.807, 2.05) is 6.07 Å². The van der Waals surface area contributed by atoms with Gasteiger partial charge in [-0.2, -0.15) is 0 Å².